The lowest BCUT2D eigenvalue weighted by Crippen LogP contribution is -2.38. The van der Waals surface area contributed by atoms with Crippen molar-refractivity contribution < 1.29 is 55.1 Å². The molecule has 50 heavy (non-hydrogen) atoms. The lowest BCUT2D eigenvalue weighted by Gasteiger charge is -2.20. The van der Waals surface area contributed by atoms with Crippen LogP contribution in [0, 0.1) is 5.82 Å². The maximum absolute atomic E-state index is 15.9. The molecule has 1 unspecified atom stereocenters. The molecule has 1 aliphatic heterocycles. The minimum Gasteiger partial charge on any atom is -0.465 e. The van der Waals surface area contributed by atoms with E-state index in [9.17, 15) is 27.6 Å². The molecule has 0 aliphatic carbocycles. The van der Waals surface area contributed by atoms with E-state index in [2.05, 4.69) is 15.8 Å². The minimum absolute atomic E-state index is 0.00530. The van der Waals surface area contributed by atoms with Crippen LogP contribution in [0.5, 0.6) is 5.75 Å². The van der Waals surface area contributed by atoms with Crippen molar-refractivity contribution in [2.75, 3.05) is 30.9 Å². The fourth-order valence-corrected chi connectivity index (χ4v) is 5.73. The highest BCUT2D eigenvalue weighted by Gasteiger charge is 2.34. The predicted molar refractivity (Wildman–Crippen MR) is 183 cm³/mol. The van der Waals surface area contributed by atoms with Crippen molar-refractivity contribution in [1.82, 2.24) is 10.7 Å². The average molecular weight is 741 g/mol. The zero-order valence-electron chi connectivity index (χ0n) is 28.9. The molecule has 2 aromatic rings. The molecule has 1 aliphatic rings. The highest BCUT2D eigenvalue weighted by atomic mass is 32.2. The summed E-state index contributed by atoms with van der Waals surface area (Å²) in [6.45, 7) is 11.6. The minimum atomic E-state index is -3.82. The lowest BCUT2D eigenvalue weighted by molar-refractivity contribution is -0.142. The largest absolute Gasteiger partial charge is 0.465 e. The molecular weight excluding hydrogens is 700 g/mol. The molecule has 18 heteroatoms. The number of anilines is 1. The van der Waals surface area contributed by atoms with Gasteiger partial charge in [-0.15, -0.1) is 0 Å². The number of carbonyl (C=O) groups is 4. The summed E-state index contributed by atoms with van der Waals surface area (Å²) in [5.41, 5.74) is 0.910. The van der Waals surface area contributed by atoms with Crippen LogP contribution < -0.4 is 19.8 Å². The summed E-state index contributed by atoms with van der Waals surface area (Å²) < 4.78 is 64.9. The van der Waals surface area contributed by atoms with Gasteiger partial charge in [-0.3, -0.25) is 9.69 Å². The van der Waals surface area contributed by atoms with Crippen LogP contribution in [0.1, 0.15) is 64.8 Å². The Hall–Kier alpha value is -4.58. The third-order valence-corrected chi connectivity index (χ3v) is 7.78. The second kappa shape index (κ2) is 16.4. The maximum Gasteiger partial charge on any atom is 0.428 e. The molecule has 2 aromatic carbocycles. The van der Waals surface area contributed by atoms with E-state index in [4.69, 9.17) is 23.1 Å². The van der Waals surface area contributed by atoms with Crippen molar-refractivity contribution >= 4 is 56.9 Å². The first-order valence-corrected chi connectivity index (χ1v) is 18.0. The summed E-state index contributed by atoms with van der Waals surface area (Å²) in [6.07, 6.45) is -2.27. The summed E-state index contributed by atoms with van der Waals surface area (Å²) in [5, 5.41) is 5.27. The van der Waals surface area contributed by atoms with Gasteiger partial charge in [0, 0.05) is 5.56 Å². The van der Waals surface area contributed by atoms with Crippen molar-refractivity contribution in [3.8, 4) is 5.75 Å². The third kappa shape index (κ3) is 12.7. The van der Waals surface area contributed by atoms with Crippen LogP contribution in [0.15, 0.2) is 47.6 Å². The van der Waals surface area contributed by atoms with Crippen molar-refractivity contribution in [2.45, 2.75) is 71.0 Å². The quantitative estimate of drug-likeness (QED) is 0.0763. The topological polar surface area (TPSA) is 188 Å². The van der Waals surface area contributed by atoms with Gasteiger partial charge in [0.1, 0.15) is 39.2 Å². The molecule has 0 saturated carbocycles. The Balaban J connectivity index is 1.92. The summed E-state index contributed by atoms with van der Waals surface area (Å²) in [7, 11) is -3.82. The van der Waals surface area contributed by atoms with E-state index in [0.717, 1.165) is 24.1 Å². The molecule has 1 heterocycles. The molecule has 15 nitrogen and oxygen atoms in total. The monoisotopic (exact) mass is 740 g/mol. The van der Waals surface area contributed by atoms with E-state index < -0.39 is 62.7 Å². The van der Waals surface area contributed by atoms with E-state index in [-0.39, 0.29) is 41.7 Å². The Labute approximate surface area is 294 Å². The second-order valence-electron chi connectivity index (χ2n) is 12.8. The zero-order chi connectivity index (χ0) is 37.4. The number of nitrogens with zero attached hydrogens (tertiary/aromatic N) is 2. The summed E-state index contributed by atoms with van der Waals surface area (Å²) in [4.78, 5) is 51.5. The smallest absolute Gasteiger partial charge is 0.428 e. The average Bonchev–Trinajstić information content (AvgIpc) is 3.35. The van der Waals surface area contributed by atoms with E-state index in [1.54, 1.807) is 48.5 Å². The highest BCUT2D eigenvalue weighted by molar-refractivity contribution is 8.15. The summed E-state index contributed by atoms with van der Waals surface area (Å²) in [6, 6.07) is 9.31. The van der Waals surface area contributed by atoms with E-state index in [1.165, 1.54) is 41.3 Å². The van der Waals surface area contributed by atoms with Crippen LogP contribution in [-0.4, -0.2) is 81.0 Å². The fraction of sp³-hybridized carbons (Fsp3) is 0.469. The number of esters is 1. The fourth-order valence-electron chi connectivity index (χ4n) is 4.20. The first kappa shape index (κ1) is 39.9. The van der Waals surface area contributed by atoms with E-state index >= 15 is 4.39 Å². The van der Waals surface area contributed by atoms with E-state index in [0.29, 0.717) is 5.56 Å². The first-order chi connectivity index (χ1) is 23.1. The Morgan fingerprint density at radius 2 is 1.66 bits per heavy atom. The number of hydrogen-bond donors (Lipinski definition) is 2. The summed E-state index contributed by atoms with van der Waals surface area (Å²) in [5.74, 6) is -1.61. The van der Waals surface area contributed by atoms with Gasteiger partial charge in [0.05, 0.1) is 31.6 Å². The molecule has 0 bridgehead atoms. The number of amides is 3. The van der Waals surface area contributed by atoms with Crippen LogP contribution in [0.4, 0.5) is 24.5 Å². The van der Waals surface area contributed by atoms with Crippen molar-refractivity contribution in [3.05, 3.63) is 59.4 Å². The molecule has 0 spiro atoms. The number of thioether (sulfide) groups is 1. The Kier molecular flexibility index (Phi) is 13.1. The SMILES string of the molecule is CCOC(=O)C(S/C(=N\NC(=O)OC(C)(C)C)c1ccc(N2C[C@H](CNC(=O)OC(C)(C)C)OC2=O)cc1F)c1ccc(OS(C)(=O)=O)cc1. The molecule has 1 fully saturated rings. The molecule has 2 N–H and O–H groups in total. The van der Waals surface area contributed by atoms with Crippen LogP contribution in [0.2, 0.25) is 0 Å². The van der Waals surface area contributed by atoms with Crippen LogP contribution in [0.3, 0.4) is 0 Å². The highest BCUT2D eigenvalue weighted by Crippen LogP contribution is 2.36. The number of halogens is 1. The van der Waals surface area contributed by atoms with Gasteiger partial charge in [-0.25, -0.2) is 24.2 Å². The number of hydrazone groups is 1. The molecule has 1 saturated heterocycles. The molecular formula is C32H41FN4O11S2. The molecule has 0 aromatic heterocycles. The van der Waals surface area contributed by atoms with Gasteiger partial charge in [-0.2, -0.15) is 13.5 Å². The number of cyclic esters (lactones) is 1. The predicted octanol–water partition coefficient (Wildman–Crippen LogP) is 5.24. The third-order valence-electron chi connectivity index (χ3n) is 6.05. The Bertz CT molecular complexity index is 1710. The van der Waals surface area contributed by atoms with Gasteiger partial charge < -0.3 is 28.4 Å². The number of nitrogens with one attached hydrogen (secondary N) is 2. The number of rotatable bonds is 11. The number of alkyl carbamates (subject to hydrolysis) is 1. The van der Waals surface area contributed by atoms with Gasteiger partial charge in [0.2, 0.25) is 0 Å². The number of carbonyl (C=O) groups excluding carboxylic acids is 4. The summed E-state index contributed by atoms with van der Waals surface area (Å²) >= 11 is 0.738. The van der Waals surface area contributed by atoms with Crippen molar-refractivity contribution in [3.63, 3.8) is 0 Å². The van der Waals surface area contributed by atoms with Crippen LogP contribution >= 0.6 is 11.8 Å². The van der Waals surface area contributed by atoms with Gasteiger partial charge in [0.25, 0.3) is 0 Å². The molecule has 0 radical (unpaired) electrons. The number of ether oxygens (including phenoxy) is 4. The van der Waals surface area contributed by atoms with Gasteiger partial charge >= 0.3 is 34.4 Å². The van der Waals surface area contributed by atoms with Gasteiger partial charge in [-0.1, -0.05) is 23.9 Å². The maximum atomic E-state index is 15.9. The zero-order valence-corrected chi connectivity index (χ0v) is 30.5. The Morgan fingerprint density at radius 3 is 2.22 bits per heavy atom. The van der Waals surface area contributed by atoms with E-state index in [1.807, 2.05) is 0 Å². The van der Waals surface area contributed by atoms with Crippen molar-refractivity contribution in [1.29, 1.82) is 0 Å². The Morgan fingerprint density at radius 1 is 1.04 bits per heavy atom. The van der Waals surface area contributed by atoms with Crippen LogP contribution in [-0.2, 0) is 33.9 Å². The normalized spacial score (nSPS) is 15.9. The van der Waals surface area contributed by atoms with Gasteiger partial charge in [0.15, 0.2) is 0 Å². The molecule has 2 atom stereocenters. The van der Waals surface area contributed by atoms with Crippen molar-refractivity contribution in [2.24, 2.45) is 5.10 Å². The standard InChI is InChI=1S/C32H41FN4O11S2/c1-9-44-27(38)25(19-10-13-21(14-11-19)48-50(8,42)43)49-26(35-36-29(40)47-32(5,6)7)23-15-12-20(16-24(23)33)37-18-22(45-30(37)41)17-34-28(39)46-31(2,3)4/h10-16,22,25H,9,17-18H2,1-8H3,(H,34,39)(H,36,40)/b35-26-/t22-,25?/m0/s1. The second-order valence-corrected chi connectivity index (χ2v) is 15.5. The van der Waals surface area contributed by atoms with Crippen LogP contribution in [0.25, 0.3) is 0 Å². The van der Waals surface area contributed by atoms with Gasteiger partial charge in [-0.05, 0) is 84.4 Å². The molecule has 3 amide bonds. The first-order valence-electron chi connectivity index (χ1n) is 15.3. The number of hydrogen-bond acceptors (Lipinski definition) is 13. The molecule has 274 valence electrons. The number of benzene rings is 2. The lowest BCUT2D eigenvalue weighted by atomic mass is 10.1. The molecule has 3 rings (SSSR count).